The summed E-state index contributed by atoms with van der Waals surface area (Å²) in [5.74, 6) is 0. The highest BCUT2D eigenvalue weighted by molar-refractivity contribution is 4.92. The van der Waals surface area contributed by atoms with Gasteiger partial charge in [-0.1, -0.05) is 0 Å². The van der Waals surface area contributed by atoms with Crippen molar-refractivity contribution >= 4 is 0 Å². The number of hydrogen-bond acceptors (Lipinski definition) is 16. The van der Waals surface area contributed by atoms with E-state index >= 15 is 0 Å². The number of hydrogen-bond donors (Lipinski definition) is 10. The molecule has 0 spiro atoms. The third kappa shape index (κ3) is 6.27. The van der Waals surface area contributed by atoms with Crippen LogP contribution in [0.5, 0.6) is 0 Å². The van der Waals surface area contributed by atoms with E-state index in [1.165, 1.54) is 7.11 Å². The molecule has 0 aromatic heterocycles. The molecule has 0 unspecified atom stereocenters. The lowest BCUT2D eigenvalue weighted by Crippen LogP contribution is -2.52. The van der Waals surface area contributed by atoms with E-state index in [2.05, 4.69) is 0 Å². The van der Waals surface area contributed by atoms with Gasteiger partial charge in [0, 0.05) is 7.11 Å². The van der Waals surface area contributed by atoms with Crippen LogP contribution in [0.2, 0.25) is 0 Å². The van der Waals surface area contributed by atoms with Crippen molar-refractivity contribution in [2.24, 2.45) is 0 Å². The zero-order valence-electron chi connectivity index (χ0n) is 18.7. The minimum absolute atomic E-state index is 0.413. The van der Waals surface area contributed by atoms with Gasteiger partial charge in [-0.25, -0.2) is 0 Å². The van der Waals surface area contributed by atoms with E-state index in [0.29, 0.717) is 0 Å². The topological polar surface area (TPSA) is 258 Å². The second kappa shape index (κ2) is 12.3. The van der Waals surface area contributed by atoms with Crippen LogP contribution in [0.1, 0.15) is 0 Å². The van der Waals surface area contributed by atoms with Gasteiger partial charge in [-0.3, -0.25) is 0 Å². The molecule has 3 fully saturated rings. The van der Waals surface area contributed by atoms with Gasteiger partial charge >= 0.3 is 0 Å². The van der Waals surface area contributed by atoms with Gasteiger partial charge in [-0.2, -0.15) is 0 Å². The molecule has 0 bridgehead atoms. The van der Waals surface area contributed by atoms with Crippen molar-refractivity contribution in [2.75, 3.05) is 26.9 Å². The van der Waals surface area contributed by atoms with Crippen LogP contribution in [0.3, 0.4) is 0 Å². The van der Waals surface area contributed by atoms with Gasteiger partial charge < -0.3 is 79.5 Å². The van der Waals surface area contributed by atoms with E-state index in [9.17, 15) is 51.1 Å². The Morgan fingerprint density at radius 1 is 0.457 bits per heavy atom. The summed E-state index contributed by atoms with van der Waals surface area (Å²) >= 11 is 0. The van der Waals surface area contributed by atoms with E-state index in [4.69, 9.17) is 28.4 Å². The third-order valence-corrected chi connectivity index (χ3v) is 6.22. The second-order valence-electron chi connectivity index (χ2n) is 8.67. The summed E-state index contributed by atoms with van der Waals surface area (Å²) < 4.78 is 31.6. The normalized spacial score (nSPS) is 52.4. The summed E-state index contributed by atoms with van der Waals surface area (Å²) in [5.41, 5.74) is 0. The fraction of sp³-hybridized carbons (Fsp3) is 1.00. The molecule has 3 aliphatic heterocycles. The average molecular weight is 518 g/mol. The number of ether oxygens (including phenoxy) is 6. The van der Waals surface area contributed by atoms with Gasteiger partial charge in [0.1, 0.15) is 73.2 Å². The summed E-state index contributed by atoms with van der Waals surface area (Å²) in [6.45, 7) is -1.51. The summed E-state index contributed by atoms with van der Waals surface area (Å²) in [5, 5.41) is 101. The molecule has 35 heavy (non-hydrogen) atoms. The van der Waals surface area contributed by atoms with Crippen molar-refractivity contribution in [1.82, 2.24) is 0 Å². The van der Waals surface area contributed by atoms with Crippen molar-refractivity contribution in [3.63, 3.8) is 0 Å². The predicted molar refractivity (Wildman–Crippen MR) is 106 cm³/mol. The number of aliphatic hydroxyl groups excluding tert-OH is 10. The molecule has 206 valence electrons. The molecular formula is C19H34O16. The summed E-state index contributed by atoms with van der Waals surface area (Å²) in [4.78, 5) is 0. The van der Waals surface area contributed by atoms with Crippen molar-refractivity contribution < 1.29 is 79.5 Å². The first-order valence-corrected chi connectivity index (χ1v) is 11.0. The van der Waals surface area contributed by atoms with Crippen LogP contribution in [0.15, 0.2) is 0 Å². The van der Waals surface area contributed by atoms with Crippen LogP contribution < -0.4 is 0 Å². The summed E-state index contributed by atoms with van der Waals surface area (Å²) in [6, 6.07) is 0. The lowest BCUT2D eigenvalue weighted by Gasteiger charge is -2.31. The minimum atomic E-state index is -1.94. The molecule has 3 saturated heterocycles. The maximum absolute atomic E-state index is 10.5. The van der Waals surface area contributed by atoms with Gasteiger partial charge in [0.05, 0.1) is 19.8 Å². The van der Waals surface area contributed by atoms with Crippen molar-refractivity contribution in [1.29, 1.82) is 0 Å². The van der Waals surface area contributed by atoms with Crippen molar-refractivity contribution in [3.8, 4) is 0 Å². The molecule has 16 nitrogen and oxygen atoms in total. The highest BCUT2D eigenvalue weighted by atomic mass is 16.7. The molecule has 10 N–H and O–H groups in total. The maximum Gasteiger partial charge on any atom is 0.186 e. The van der Waals surface area contributed by atoms with Gasteiger partial charge in [-0.15, -0.1) is 0 Å². The standard InChI is InChI=1S/C19H34O16/c1-30-17-14(27)12(25)9(22)6(3-32-17)35-19-16(29)13(26)10(23)7(4-33-19)34-18-15(28)11(24)8(21)5(20)2-31-18/h5-29H,2-4H2,1H3/t5-,6-,7-,8-,9-,10-,11+,12+,13+,14+,15+,16+,17+,18-,19-/m1/s1. The van der Waals surface area contributed by atoms with Crippen LogP contribution in [-0.4, -0.2) is 170 Å². The molecule has 3 aliphatic rings. The lowest BCUT2D eigenvalue weighted by atomic mass is 10.0. The van der Waals surface area contributed by atoms with E-state index < -0.39 is 112 Å². The molecule has 15 atom stereocenters. The van der Waals surface area contributed by atoms with Crippen molar-refractivity contribution in [3.05, 3.63) is 0 Å². The van der Waals surface area contributed by atoms with Crippen molar-refractivity contribution in [2.45, 2.75) is 92.1 Å². The SMILES string of the molecule is CO[C@H]1OC[C@@H](O[C@H]2OC[C@@H](O[C@H]3OC[C@@H](O)[C@@H](O)[C@H](O)[C@@H]3O)[C@@H](O)[C@H](O)[C@@H]2O)[C@@H](O)[C@H](O)[C@@H]1O. The van der Waals surface area contributed by atoms with Gasteiger partial charge in [0.25, 0.3) is 0 Å². The van der Waals surface area contributed by atoms with Gasteiger partial charge in [0.2, 0.25) is 0 Å². The first kappa shape index (κ1) is 28.9. The first-order valence-electron chi connectivity index (χ1n) is 11.0. The van der Waals surface area contributed by atoms with Crippen LogP contribution >= 0.6 is 0 Å². The van der Waals surface area contributed by atoms with E-state index in [1.807, 2.05) is 0 Å². The largest absolute Gasteiger partial charge is 0.388 e. The Hall–Kier alpha value is -0.640. The molecule has 3 rings (SSSR count). The smallest absolute Gasteiger partial charge is 0.186 e. The summed E-state index contributed by atoms with van der Waals surface area (Å²) in [7, 11) is 1.21. The molecule has 0 saturated carbocycles. The Morgan fingerprint density at radius 3 is 1.29 bits per heavy atom. The number of rotatable bonds is 5. The summed E-state index contributed by atoms with van der Waals surface area (Å²) in [6.07, 6.45) is -25.2. The van der Waals surface area contributed by atoms with Crippen LogP contribution in [0, 0.1) is 0 Å². The second-order valence-corrected chi connectivity index (χ2v) is 8.67. The average Bonchev–Trinajstić information content (AvgIpc) is 3.06. The quantitative estimate of drug-likeness (QED) is 0.162. The van der Waals surface area contributed by atoms with E-state index in [-0.39, 0.29) is 0 Å². The van der Waals surface area contributed by atoms with Crippen LogP contribution in [0.25, 0.3) is 0 Å². The lowest BCUT2D eigenvalue weighted by molar-refractivity contribution is -0.264. The molecule has 3 heterocycles. The highest BCUT2D eigenvalue weighted by Crippen LogP contribution is 2.26. The van der Waals surface area contributed by atoms with Gasteiger partial charge in [0.15, 0.2) is 18.9 Å². The fourth-order valence-corrected chi connectivity index (χ4v) is 3.95. The maximum atomic E-state index is 10.5. The third-order valence-electron chi connectivity index (χ3n) is 6.22. The number of methoxy groups -OCH3 is 1. The Kier molecular flexibility index (Phi) is 10.1. The predicted octanol–water partition coefficient (Wildman–Crippen LogP) is -6.92. The molecule has 16 heteroatoms. The Bertz CT molecular complexity index is 656. The monoisotopic (exact) mass is 518 g/mol. The van der Waals surface area contributed by atoms with Gasteiger partial charge in [-0.05, 0) is 0 Å². The van der Waals surface area contributed by atoms with Crippen LogP contribution in [0.4, 0.5) is 0 Å². The number of aliphatic hydroxyl groups is 10. The first-order chi connectivity index (χ1) is 16.5. The Balaban J connectivity index is 1.68. The molecule has 0 aromatic carbocycles. The zero-order chi connectivity index (χ0) is 26.0. The molecule has 0 aromatic rings. The van der Waals surface area contributed by atoms with E-state index in [1.54, 1.807) is 0 Å². The highest BCUT2D eigenvalue weighted by Gasteiger charge is 2.48. The molecule has 0 radical (unpaired) electrons. The molecule has 0 aliphatic carbocycles. The van der Waals surface area contributed by atoms with Crippen LogP contribution in [-0.2, 0) is 28.4 Å². The fourth-order valence-electron chi connectivity index (χ4n) is 3.95. The zero-order valence-corrected chi connectivity index (χ0v) is 18.7. The Morgan fingerprint density at radius 2 is 0.829 bits per heavy atom. The molecule has 0 amide bonds. The Labute approximate surface area is 199 Å². The van der Waals surface area contributed by atoms with E-state index in [0.717, 1.165) is 0 Å². The molecular weight excluding hydrogens is 484 g/mol. The minimum Gasteiger partial charge on any atom is -0.388 e.